The first-order valence-corrected chi connectivity index (χ1v) is 15.6. The van der Waals surface area contributed by atoms with Gasteiger partial charge in [0.25, 0.3) is 11.5 Å². The summed E-state index contributed by atoms with van der Waals surface area (Å²) in [5.41, 5.74) is 2.03. The van der Waals surface area contributed by atoms with E-state index in [2.05, 4.69) is 27.5 Å². The van der Waals surface area contributed by atoms with Gasteiger partial charge in [0.05, 0.1) is 41.4 Å². The Morgan fingerprint density at radius 2 is 1.89 bits per heavy atom. The van der Waals surface area contributed by atoms with Crippen molar-refractivity contribution in [1.82, 2.24) is 4.57 Å². The number of halogens is 1. The maximum Gasteiger partial charge on any atom is 0.379 e. The molecule has 234 valence electrons. The maximum atomic E-state index is 14.4. The van der Waals surface area contributed by atoms with Gasteiger partial charge in [0.15, 0.2) is 4.80 Å². The van der Waals surface area contributed by atoms with Gasteiger partial charge < -0.3 is 23.5 Å². The van der Waals surface area contributed by atoms with Crippen molar-refractivity contribution >= 4 is 56.4 Å². The van der Waals surface area contributed by atoms with E-state index >= 15 is 0 Å². The molecule has 1 amide bonds. The minimum atomic E-state index is -0.960. The van der Waals surface area contributed by atoms with Crippen molar-refractivity contribution in [3.05, 3.63) is 126 Å². The lowest BCUT2D eigenvalue weighted by atomic mass is 9.96. The molecule has 6 rings (SSSR count). The van der Waals surface area contributed by atoms with Gasteiger partial charge in [0.2, 0.25) is 5.76 Å². The fraction of sp³-hybridized carbons (Fsp3) is 0.182. The van der Waals surface area contributed by atoms with Crippen LogP contribution in [0.5, 0.6) is 5.75 Å². The lowest BCUT2D eigenvalue weighted by Crippen LogP contribution is -2.41. The van der Waals surface area contributed by atoms with Crippen molar-refractivity contribution in [1.29, 1.82) is 0 Å². The summed E-state index contributed by atoms with van der Waals surface area (Å²) in [4.78, 5) is 60.6. The monoisotopic (exact) mass is 703 g/mol. The molecule has 2 aliphatic rings. The van der Waals surface area contributed by atoms with E-state index in [0.29, 0.717) is 27.3 Å². The SMILES string of the molecule is C=CCN1C(=O)/C(=c2\sc3n(c2=O)[C@H](c2ccc(OC(=O)c4ccco4)cc2)C(C(=O)OCCOC)=C(C)N=3)c2cc(Br)ccc21. The number of esters is 2. The average Bonchev–Trinajstić information content (AvgIpc) is 3.75. The molecule has 0 bridgehead atoms. The number of rotatable bonds is 9. The van der Waals surface area contributed by atoms with Crippen molar-refractivity contribution in [2.24, 2.45) is 4.99 Å². The van der Waals surface area contributed by atoms with Crippen molar-refractivity contribution in [2.45, 2.75) is 13.0 Å². The van der Waals surface area contributed by atoms with Crippen molar-refractivity contribution in [3.8, 4) is 5.75 Å². The molecule has 0 fully saturated rings. The lowest BCUT2D eigenvalue weighted by molar-refractivity contribution is -0.140. The Kier molecular flexibility index (Phi) is 8.71. The Labute approximate surface area is 274 Å². The van der Waals surface area contributed by atoms with Crippen LogP contribution < -0.4 is 24.5 Å². The smallest absolute Gasteiger partial charge is 0.379 e. The second-order valence-corrected chi connectivity index (χ2v) is 12.1. The van der Waals surface area contributed by atoms with Crippen LogP contribution in [0.4, 0.5) is 5.69 Å². The molecule has 4 aromatic rings. The van der Waals surface area contributed by atoms with Gasteiger partial charge in [-0.25, -0.2) is 14.6 Å². The van der Waals surface area contributed by atoms with E-state index < -0.39 is 23.5 Å². The molecule has 2 aromatic carbocycles. The predicted octanol–water partition coefficient (Wildman–Crippen LogP) is 3.90. The number of allylic oxidation sites excluding steroid dienone is 1. The van der Waals surface area contributed by atoms with Crippen molar-refractivity contribution in [2.75, 3.05) is 31.8 Å². The molecule has 4 heterocycles. The Bertz CT molecular complexity index is 2090. The number of hydrogen-bond acceptors (Lipinski definition) is 10. The standard InChI is InChI=1S/C33H26BrN3O8S/c1-4-13-36-23-12-9-20(34)17-22(23)26(29(36)38)28-30(39)37-27(25(18(2)35-33(37)46-28)32(41)44-16-15-42-3)19-7-10-21(11-8-19)45-31(40)24-6-5-14-43-24/h4-12,14,17,27H,1,13,15-16H2,2-3H3/b28-26-/t27-/m1/s1. The van der Waals surface area contributed by atoms with Crippen LogP contribution in [0.2, 0.25) is 0 Å². The third-order valence-electron chi connectivity index (χ3n) is 7.38. The molecule has 0 spiro atoms. The normalized spacial score (nSPS) is 16.5. The summed E-state index contributed by atoms with van der Waals surface area (Å²) in [5, 5.41) is 0. The van der Waals surface area contributed by atoms with Crippen LogP contribution in [-0.4, -0.2) is 49.3 Å². The van der Waals surface area contributed by atoms with Crippen molar-refractivity contribution in [3.63, 3.8) is 0 Å². The number of fused-ring (bicyclic) bond motifs is 2. The quantitative estimate of drug-likeness (QED) is 0.111. The molecule has 2 aromatic heterocycles. The second kappa shape index (κ2) is 12.9. The van der Waals surface area contributed by atoms with E-state index in [1.165, 1.54) is 24.0 Å². The number of aromatic nitrogens is 1. The fourth-order valence-corrected chi connectivity index (χ4v) is 6.85. The van der Waals surface area contributed by atoms with Crippen LogP contribution >= 0.6 is 27.3 Å². The van der Waals surface area contributed by atoms with Crippen LogP contribution in [0, 0.1) is 0 Å². The number of carbonyl (C=O) groups excluding carboxylic acids is 3. The van der Waals surface area contributed by atoms with Gasteiger partial charge in [-0.2, -0.15) is 0 Å². The zero-order valence-electron chi connectivity index (χ0n) is 24.7. The van der Waals surface area contributed by atoms with Gasteiger partial charge in [-0.3, -0.25) is 14.2 Å². The molecule has 1 atom stereocenters. The third kappa shape index (κ3) is 5.57. The van der Waals surface area contributed by atoms with Crippen LogP contribution in [0.1, 0.15) is 34.6 Å². The number of hydrogen-bond donors (Lipinski definition) is 0. The van der Waals surface area contributed by atoms with Crippen LogP contribution in [-0.2, 0) is 19.1 Å². The average molecular weight is 705 g/mol. The Balaban J connectivity index is 1.50. The number of benzene rings is 2. The molecule has 46 heavy (non-hydrogen) atoms. The molecular formula is C33H26BrN3O8S. The highest BCUT2D eigenvalue weighted by atomic mass is 79.9. The minimum absolute atomic E-state index is 0.00558. The summed E-state index contributed by atoms with van der Waals surface area (Å²) >= 11 is 4.56. The molecular weight excluding hydrogens is 678 g/mol. The van der Waals surface area contributed by atoms with Gasteiger partial charge >= 0.3 is 11.9 Å². The van der Waals surface area contributed by atoms with Gasteiger partial charge in [-0.1, -0.05) is 45.5 Å². The number of anilines is 1. The highest BCUT2D eigenvalue weighted by Gasteiger charge is 2.37. The number of methoxy groups -OCH3 is 1. The summed E-state index contributed by atoms with van der Waals surface area (Å²) in [5.74, 6) is -1.42. The first-order chi connectivity index (χ1) is 22.2. The van der Waals surface area contributed by atoms with E-state index in [9.17, 15) is 19.2 Å². The maximum absolute atomic E-state index is 14.4. The van der Waals surface area contributed by atoms with E-state index in [0.717, 1.165) is 15.8 Å². The zero-order chi connectivity index (χ0) is 32.5. The Hall–Kier alpha value is -4.85. The van der Waals surface area contributed by atoms with E-state index in [4.69, 9.17) is 18.6 Å². The Morgan fingerprint density at radius 3 is 2.59 bits per heavy atom. The molecule has 2 aliphatic heterocycles. The van der Waals surface area contributed by atoms with Gasteiger partial charge in [0.1, 0.15) is 16.9 Å². The highest BCUT2D eigenvalue weighted by Crippen LogP contribution is 2.37. The molecule has 0 saturated carbocycles. The highest BCUT2D eigenvalue weighted by molar-refractivity contribution is 9.10. The molecule has 0 radical (unpaired) electrons. The van der Waals surface area contributed by atoms with E-state index in [-0.39, 0.29) is 52.9 Å². The second-order valence-electron chi connectivity index (χ2n) is 10.2. The molecule has 11 nitrogen and oxygen atoms in total. The van der Waals surface area contributed by atoms with E-state index in [1.54, 1.807) is 54.3 Å². The number of amides is 1. The number of nitrogens with zero attached hydrogens (tertiary/aromatic N) is 3. The first kappa shape index (κ1) is 31.1. The number of thiazole rings is 1. The largest absolute Gasteiger partial charge is 0.460 e. The Morgan fingerprint density at radius 1 is 1.11 bits per heavy atom. The molecule has 13 heteroatoms. The van der Waals surface area contributed by atoms with Crippen LogP contribution in [0.15, 0.2) is 103 Å². The molecule has 0 unspecified atom stereocenters. The lowest BCUT2D eigenvalue weighted by Gasteiger charge is -2.25. The van der Waals surface area contributed by atoms with Gasteiger partial charge in [0, 0.05) is 23.7 Å². The van der Waals surface area contributed by atoms with Crippen LogP contribution in [0.25, 0.3) is 5.57 Å². The summed E-state index contributed by atoms with van der Waals surface area (Å²) < 4.78 is 23.4. The van der Waals surface area contributed by atoms with Crippen LogP contribution in [0.3, 0.4) is 0 Å². The summed E-state index contributed by atoms with van der Waals surface area (Å²) in [6.07, 6.45) is 2.99. The number of furan rings is 1. The zero-order valence-corrected chi connectivity index (χ0v) is 27.1. The van der Waals surface area contributed by atoms with Crippen molar-refractivity contribution < 1.29 is 33.0 Å². The first-order valence-electron chi connectivity index (χ1n) is 14.0. The minimum Gasteiger partial charge on any atom is -0.460 e. The number of ether oxygens (including phenoxy) is 3. The topological polar surface area (TPSA) is 130 Å². The summed E-state index contributed by atoms with van der Waals surface area (Å²) in [7, 11) is 1.49. The molecule has 0 aliphatic carbocycles. The third-order valence-corrected chi connectivity index (χ3v) is 8.93. The fourth-order valence-electron chi connectivity index (χ4n) is 5.35. The van der Waals surface area contributed by atoms with Gasteiger partial charge in [-0.05, 0) is 55.0 Å². The molecule has 0 saturated heterocycles. The number of carbonyl (C=O) groups is 3. The summed E-state index contributed by atoms with van der Waals surface area (Å²) in [6, 6.07) is 13.9. The van der Waals surface area contributed by atoms with Gasteiger partial charge in [-0.15, -0.1) is 6.58 Å². The van der Waals surface area contributed by atoms with E-state index in [1.807, 2.05) is 12.1 Å². The predicted molar refractivity (Wildman–Crippen MR) is 172 cm³/mol. The summed E-state index contributed by atoms with van der Waals surface area (Å²) in [6.45, 7) is 5.87. The molecule has 0 N–H and O–H groups in total.